The van der Waals surface area contributed by atoms with E-state index in [1.807, 2.05) is 32.9 Å². The van der Waals surface area contributed by atoms with E-state index in [2.05, 4.69) is 13.5 Å². The second-order valence-corrected chi connectivity index (χ2v) is 17.7. The molecule has 0 spiro atoms. The molecule has 0 aromatic heterocycles. The lowest BCUT2D eigenvalue weighted by atomic mass is 9.76. The number of methoxy groups -OCH3 is 3. The molecule has 12 nitrogen and oxygen atoms in total. The molecule has 1 aliphatic carbocycles. The number of fused-ring (bicyclic) bond motifs is 3. The van der Waals surface area contributed by atoms with E-state index in [-0.39, 0.29) is 48.7 Å². The van der Waals surface area contributed by atoms with Crippen LogP contribution in [0, 0.1) is 29.6 Å². The van der Waals surface area contributed by atoms with Crippen LogP contribution < -0.4 is 0 Å². The molecule has 4 rings (SSSR count). The van der Waals surface area contributed by atoms with Crippen LogP contribution in [0.15, 0.2) is 36.0 Å². The van der Waals surface area contributed by atoms with Crippen LogP contribution in [0.3, 0.4) is 0 Å². The van der Waals surface area contributed by atoms with Gasteiger partial charge in [0.1, 0.15) is 29.6 Å². The van der Waals surface area contributed by atoms with Crippen LogP contribution in [-0.2, 0) is 42.9 Å². The zero-order valence-corrected chi connectivity index (χ0v) is 35.9. The molecule has 4 aliphatic rings. The smallest absolute Gasteiger partial charge is 0.329 e. The summed E-state index contributed by atoms with van der Waals surface area (Å²) < 4.78 is 30.5. The van der Waals surface area contributed by atoms with Gasteiger partial charge in [-0.1, -0.05) is 44.6 Å². The van der Waals surface area contributed by atoms with E-state index >= 15 is 0 Å². The van der Waals surface area contributed by atoms with Gasteiger partial charge in [-0.15, -0.1) is 6.58 Å². The summed E-state index contributed by atoms with van der Waals surface area (Å²) in [7, 11) is 4.79. The molecular formula is C45H71NO11. The minimum atomic E-state index is -1.51. The van der Waals surface area contributed by atoms with Gasteiger partial charge in [0.05, 0.1) is 30.5 Å². The first-order chi connectivity index (χ1) is 27.0. The highest BCUT2D eigenvalue weighted by Crippen LogP contribution is 2.40. The standard InChI is InChI=1S/C45H71NO11/c1-11-14-32-20-26(2)19-27(3)21-38(54-9)41-39(55-10)23-29(5)45(7,57-41)42(50)43(51)46-18-13-12-15-33(46)44(52)56-40(30(6)35(48)25-36(32)49)28(4)22-31-16-17-34(47)37(24-31)53-8/h11,20,22,27,29-35,37-41,47-48H,1,12-19,21,23-25H2,2-10H3/b26-20+,28-22+/t27-,29+,30+,31-,32+,33-,34+,35-,37+,38-,39-,40+,41+,45+/m0/s1. The Balaban J connectivity index is 1.78. The average molecular weight is 802 g/mol. The van der Waals surface area contributed by atoms with Crippen LogP contribution in [0.4, 0.5) is 0 Å². The van der Waals surface area contributed by atoms with Crippen molar-refractivity contribution < 1.29 is 53.1 Å². The van der Waals surface area contributed by atoms with Gasteiger partial charge in [0, 0.05) is 46.1 Å². The molecule has 0 aromatic carbocycles. The van der Waals surface area contributed by atoms with Gasteiger partial charge < -0.3 is 38.8 Å². The number of hydrogen-bond donors (Lipinski definition) is 2. The maximum absolute atomic E-state index is 14.5. The molecule has 0 radical (unpaired) electrons. The van der Waals surface area contributed by atoms with Gasteiger partial charge in [-0.25, -0.2) is 4.79 Å². The molecule has 3 aliphatic heterocycles. The van der Waals surface area contributed by atoms with Crippen LogP contribution in [0.2, 0.25) is 0 Å². The molecule has 3 fully saturated rings. The number of amides is 1. The van der Waals surface area contributed by atoms with E-state index in [0.29, 0.717) is 69.8 Å². The SMILES string of the molecule is C=CC[C@@H]1/C=C(\C)C[C@H](C)C[C@H](OC)[C@H]2O[C@@](C)(C(=O)C(=O)N3CCCC[C@H]3C(=O)O[C@H](/C(C)=C/[C@@H]3CC[C@@H](O)[C@H](OC)C3)[C@H](C)[C@@H](O)CC1=O)[C@H](C)C[C@@H]2OC. The number of aliphatic hydroxyl groups excluding tert-OH is 2. The lowest BCUT2D eigenvalue weighted by molar-refractivity contribution is -0.229. The number of ether oxygens (including phenoxy) is 5. The van der Waals surface area contributed by atoms with Crippen molar-refractivity contribution >= 4 is 23.4 Å². The van der Waals surface area contributed by atoms with E-state index in [1.54, 1.807) is 41.3 Å². The first-order valence-corrected chi connectivity index (χ1v) is 21.2. The molecule has 14 atom stereocenters. The van der Waals surface area contributed by atoms with E-state index in [1.165, 1.54) is 4.90 Å². The molecule has 2 saturated heterocycles. The maximum atomic E-state index is 14.5. The molecule has 0 aromatic rings. The maximum Gasteiger partial charge on any atom is 0.329 e. The molecule has 0 unspecified atom stereocenters. The van der Waals surface area contributed by atoms with Gasteiger partial charge in [0.15, 0.2) is 0 Å². The van der Waals surface area contributed by atoms with E-state index in [4.69, 9.17) is 23.7 Å². The van der Waals surface area contributed by atoms with Crippen molar-refractivity contribution in [1.82, 2.24) is 4.90 Å². The van der Waals surface area contributed by atoms with Gasteiger partial charge in [-0.2, -0.15) is 0 Å². The third kappa shape index (κ3) is 11.3. The van der Waals surface area contributed by atoms with Crippen molar-refractivity contribution in [2.75, 3.05) is 27.9 Å². The third-order valence-electron chi connectivity index (χ3n) is 13.3. The van der Waals surface area contributed by atoms with Crippen molar-refractivity contribution in [2.24, 2.45) is 29.6 Å². The molecule has 1 saturated carbocycles. The molecule has 1 amide bonds. The first kappa shape index (κ1) is 46.9. The second kappa shape index (κ2) is 21.0. The first-order valence-electron chi connectivity index (χ1n) is 21.2. The number of aliphatic hydroxyl groups is 2. The summed E-state index contributed by atoms with van der Waals surface area (Å²) >= 11 is 0. The lowest BCUT2D eigenvalue weighted by Gasteiger charge is -2.48. The average Bonchev–Trinajstić information content (AvgIpc) is 3.18. The van der Waals surface area contributed by atoms with Gasteiger partial charge in [0.2, 0.25) is 0 Å². The van der Waals surface area contributed by atoms with Crippen LogP contribution >= 0.6 is 0 Å². The highest BCUT2D eigenvalue weighted by Gasteiger charge is 2.54. The van der Waals surface area contributed by atoms with Gasteiger partial charge in [-0.05, 0) is 108 Å². The van der Waals surface area contributed by atoms with Crippen LogP contribution in [0.25, 0.3) is 0 Å². The monoisotopic (exact) mass is 802 g/mol. The predicted octanol–water partition coefficient (Wildman–Crippen LogP) is 5.71. The Kier molecular flexibility index (Phi) is 17.3. The lowest BCUT2D eigenvalue weighted by Crippen LogP contribution is -2.63. The predicted molar refractivity (Wildman–Crippen MR) is 216 cm³/mol. The summed E-state index contributed by atoms with van der Waals surface area (Å²) in [5.41, 5.74) is 0.189. The molecule has 57 heavy (non-hydrogen) atoms. The van der Waals surface area contributed by atoms with Crippen molar-refractivity contribution in [3.8, 4) is 0 Å². The summed E-state index contributed by atoms with van der Waals surface area (Å²) in [5, 5.41) is 22.2. The Bertz CT molecular complexity index is 1480. The summed E-state index contributed by atoms with van der Waals surface area (Å²) in [6, 6.07) is -1.03. The summed E-state index contributed by atoms with van der Waals surface area (Å²) in [6.07, 6.45) is 6.49. The number of ketones is 2. The van der Waals surface area contributed by atoms with Gasteiger partial charge in [-0.3, -0.25) is 14.4 Å². The summed E-state index contributed by atoms with van der Waals surface area (Å²) in [4.78, 5) is 58.5. The topological polar surface area (TPSA) is 158 Å². The Morgan fingerprint density at radius 2 is 1.60 bits per heavy atom. The fourth-order valence-electron chi connectivity index (χ4n) is 9.62. The van der Waals surface area contributed by atoms with Crippen molar-refractivity contribution in [3.05, 3.63) is 36.0 Å². The number of carbonyl (C=O) groups is 4. The Morgan fingerprint density at radius 1 is 0.930 bits per heavy atom. The third-order valence-corrected chi connectivity index (χ3v) is 13.3. The number of Topliss-reactive ketones (excluding diaryl/α,β-unsaturated/α-hetero) is 2. The molecular weight excluding hydrogens is 730 g/mol. The van der Waals surface area contributed by atoms with Crippen LogP contribution in [0.5, 0.6) is 0 Å². The number of hydrogen-bond acceptors (Lipinski definition) is 11. The second-order valence-electron chi connectivity index (χ2n) is 17.7. The molecule has 12 heteroatoms. The number of allylic oxidation sites excluding steroid dienone is 4. The van der Waals surface area contributed by atoms with Crippen LogP contribution in [-0.4, -0.2) is 121 Å². The normalized spacial score (nSPS) is 41.0. The number of cyclic esters (lactones) is 1. The minimum Gasteiger partial charge on any atom is -0.456 e. The van der Waals surface area contributed by atoms with E-state index < -0.39 is 71.7 Å². The van der Waals surface area contributed by atoms with Crippen molar-refractivity contribution in [1.29, 1.82) is 0 Å². The zero-order chi connectivity index (χ0) is 42.2. The summed E-state index contributed by atoms with van der Waals surface area (Å²) in [6.45, 7) is 15.3. The van der Waals surface area contributed by atoms with E-state index in [0.717, 1.165) is 5.57 Å². The van der Waals surface area contributed by atoms with Crippen molar-refractivity contribution in [3.63, 3.8) is 0 Å². The molecule has 322 valence electrons. The highest BCUT2D eigenvalue weighted by atomic mass is 16.6. The summed E-state index contributed by atoms with van der Waals surface area (Å²) in [5.74, 6) is -3.82. The van der Waals surface area contributed by atoms with Gasteiger partial charge >= 0.3 is 5.97 Å². The number of piperidine rings is 1. The molecule has 2 N–H and O–H groups in total. The molecule has 2 bridgehead atoms. The van der Waals surface area contributed by atoms with Gasteiger partial charge in [0.25, 0.3) is 11.7 Å². The highest BCUT2D eigenvalue weighted by molar-refractivity contribution is 6.39. The quantitative estimate of drug-likeness (QED) is 0.185. The van der Waals surface area contributed by atoms with E-state index in [9.17, 15) is 29.4 Å². The fraction of sp³-hybridized carbons (Fsp3) is 0.778. The molecule has 3 heterocycles. The van der Waals surface area contributed by atoms with Crippen LogP contribution in [0.1, 0.15) is 112 Å². The fourth-order valence-corrected chi connectivity index (χ4v) is 9.62. The minimum absolute atomic E-state index is 0.0171. The number of esters is 1. The number of nitrogens with zero attached hydrogens (tertiary/aromatic N) is 1. The van der Waals surface area contributed by atoms with Crippen molar-refractivity contribution in [2.45, 2.75) is 167 Å². The largest absolute Gasteiger partial charge is 0.456 e. The number of rotatable bonds is 7. The zero-order valence-electron chi connectivity index (χ0n) is 35.9. The Labute approximate surface area is 340 Å². The number of carbonyl (C=O) groups excluding carboxylic acids is 4. The Morgan fingerprint density at radius 3 is 2.25 bits per heavy atom. The Hall–Kier alpha value is -2.74.